The molecule has 0 saturated heterocycles. The zero-order valence-electron chi connectivity index (χ0n) is 29.6. The minimum absolute atomic E-state index is 0.0279. The van der Waals surface area contributed by atoms with Crippen molar-refractivity contribution in [1.82, 2.24) is 0 Å². The predicted molar refractivity (Wildman–Crippen MR) is 181 cm³/mol. The van der Waals surface area contributed by atoms with Crippen LogP contribution in [0.5, 0.6) is 0 Å². The van der Waals surface area contributed by atoms with E-state index in [0.29, 0.717) is 44.2 Å². The molecule has 0 spiro atoms. The Morgan fingerprint density at radius 3 is 1.62 bits per heavy atom. The SMILES string of the molecule is [2H]c1c([2H])c([2H])c2c(-c3cccc4ccccc34)c3c([2H])c([2H])c(-c4ccccc4)c([2H])c3c(-c3ccc(-c4ccccc4)cc3)c2c1[2H]. The van der Waals surface area contributed by atoms with Gasteiger partial charge in [0, 0.05) is 0 Å². The lowest BCUT2D eigenvalue weighted by molar-refractivity contribution is 1.61. The van der Waals surface area contributed by atoms with Crippen molar-refractivity contribution < 1.29 is 9.60 Å². The van der Waals surface area contributed by atoms with Gasteiger partial charge in [-0.05, 0) is 82.9 Å². The zero-order valence-corrected chi connectivity index (χ0v) is 22.6. The molecule has 0 saturated carbocycles. The molecule has 8 aromatic carbocycles. The highest BCUT2D eigenvalue weighted by Crippen LogP contribution is 2.46. The van der Waals surface area contributed by atoms with Crippen LogP contribution < -0.4 is 0 Å². The normalized spacial score (nSPS) is 13.7. The number of fused-ring (bicyclic) bond motifs is 3. The van der Waals surface area contributed by atoms with E-state index in [1.807, 2.05) is 127 Å². The van der Waals surface area contributed by atoms with Crippen molar-refractivity contribution in [3.8, 4) is 44.5 Å². The van der Waals surface area contributed by atoms with E-state index in [1.165, 1.54) is 0 Å². The summed E-state index contributed by atoms with van der Waals surface area (Å²) in [6.45, 7) is 0. The second-order valence-corrected chi connectivity index (χ2v) is 10.3. The fourth-order valence-electron chi connectivity index (χ4n) is 5.93. The third-order valence-electron chi connectivity index (χ3n) is 7.90. The lowest BCUT2D eigenvalue weighted by atomic mass is 9.83. The van der Waals surface area contributed by atoms with Gasteiger partial charge in [-0.25, -0.2) is 0 Å². The molecular weight excluding hydrogens is 504 g/mol. The molecule has 0 amide bonds. The first-order valence-corrected chi connectivity index (χ1v) is 14.0. The highest BCUT2D eigenvalue weighted by atomic mass is 14.2. The van der Waals surface area contributed by atoms with E-state index in [1.54, 1.807) is 0 Å². The highest BCUT2D eigenvalue weighted by molar-refractivity contribution is 6.24. The molecule has 0 aliphatic rings. The smallest absolute Gasteiger partial charge is 0.0622 e. The number of benzene rings is 8. The fourth-order valence-corrected chi connectivity index (χ4v) is 5.93. The van der Waals surface area contributed by atoms with E-state index in [4.69, 9.17) is 2.74 Å². The molecule has 8 aromatic rings. The summed E-state index contributed by atoms with van der Waals surface area (Å²) in [5.74, 6) is 0. The van der Waals surface area contributed by atoms with Crippen LogP contribution in [-0.4, -0.2) is 0 Å². The maximum atomic E-state index is 9.80. The summed E-state index contributed by atoms with van der Waals surface area (Å²) in [5, 5.41) is 2.98. The minimum atomic E-state index is -0.381. The van der Waals surface area contributed by atoms with Crippen LogP contribution in [0.4, 0.5) is 0 Å². The summed E-state index contributed by atoms with van der Waals surface area (Å²) in [6.07, 6.45) is 0. The van der Waals surface area contributed by atoms with Crippen LogP contribution in [-0.2, 0) is 0 Å². The minimum Gasteiger partial charge on any atom is -0.0622 e. The summed E-state index contributed by atoms with van der Waals surface area (Å²) in [4.78, 5) is 0. The van der Waals surface area contributed by atoms with Gasteiger partial charge in [0.1, 0.15) is 0 Å². The summed E-state index contributed by atoms with van der Waals surface area (Å²) in [7, 11) is 0. The van der Waals surface area contributed by atoms with Gasteiger partial charge in [-0.15, -0.1) is 0 Å². The van der Waals surface area contributed by atoms with Crippen molar-refractivity contribution in [2.75, 3.05) is 0 Å². The van der Waals surface area contributed by atoms with Gasteiger partial charge in [-0.2, -0.15) is 0 Å². The second kappa shape index (κ2) is 10.2. The first-order chi connectivity index (χ1) is 23.8. The molecule has 0 aliphatic carbocycles. The molecule has 0 atom stereocenters. The van der Waals surface area contributed by atoms with Gasteiger partial charge in [-0.3, -0.25) is 0 Å². The number of hydrogen-bond donors (Lipinski definition) is 0. The fraction of sp³-hybridized carbons (Fsp3) is 0. The van der Waals surface area contributed by atoms with E-state index in [9.17, 15) is 6.85 Å². The Labute approximate surface area is 256 Å². The van der Waals surface area contributed by atoms with Gasteiger partial charge in [0.15, 0.2) is 0 Å². The van der Waals surface area contributed by atoms with Crippen LogP contribution >= 0.6 is 0 Å². The maximum Gasteiger partial charge on any atom is 0.0636 e. The first kappa shape index (κ1) is 18.1. The summed E-state index contributed by atoms with van der Waals surface area (Å²) < 4.78 is 64.9. The molecule has 0 aromatic heterocycles. The van der Waals surface area contributed by atoms with Gasteiger partial charge in [0.2, 0.25) is 0 Å². The third-order valence-corrected chi connectivity index (χ3v) is 7.90. The largest absolute Gasteiger partial charge is 0.0636 e. The van der Waals surface area contributed by atoms with E-state index in [0.717, 1.165) is 21.9 Å². The quantitative estimate of drug-likeness (QED) is 0.195. The molecule has 0 heteroatoms. The van der Waals surface area contributed by atoms with Crippen molar-refractivity contribution >= 4 is 32.3 Å². The molecule has 0 heterocycles. The van der Waals surface area contributed by atoms with Crippen LogP contribution in [0.15, 0.2) is 170 Å². The molecule has 0 fully saturated rings. The predicted octanol–water partition coefficient (Wildman–Crippen LogP) is 11.8. The van der Waals surface area contributed by atoms with E-state index in [2.05, 4.69) is 0 Å². The van der Waals surface area contributed by atoms with Crippen LogP contribution in [0.3, 0.4) is 0 Å². The molecule has 0 N–H and O–H groups in total. The zero-order chi connectivity index (χ0) is 34.0. The van der Waals surface area contributed by atoms with Crippen molar-refractivity contribution in [2.24, 2.45) is 0 Å². The molecule has 8 rings (SSSR count). The standard InChI is InChI=1S/C42H28/c1-3-12-29(13-4-1)31-22-24-33(25-23-31)41-37-19-9-10-20-38(37)42(36-21-11-17-32-16-7-8-18-35(32)36)39-27-26-34(28-40(39)41)30-14-5-2-6-15-30/h1-28H/i9D,10D,19D,20D,26D,27D,28D. The van der Waals surface area contributed by atoms with Gasteiger partial charge < -0.3 is 0 Å². The Bertz CT molecular complexity index is 2590. The lowest BCUT2D eigenvalue weighted by Gasteiger charge is -2.20. The Morgan fingerprint density at radius 1 is 0.333 bits per heavy atom. The van der Waals surface area contributed by atoms with Gasteiger partial charge in [0.05, 0.1) is 9.60 Å². The van der Waals surface area contributed by atoms with E-state index < -0.39 is 0 Å². The van der Waals surface area contributed by atoms with Crippen LogP contribution in [0.25, 0.3) is 76.8 Å². The Morgan fingerprint density at radius 2 is 0.881 bits per heavy atom. The van der Waals surface area contributed by atoms with Crippen molar-refractivity contribution in [2.45, 2.75) is 0 Å². The Hall–Kier alpha value is -5.46. The topological polar surface area (TPSA) is 0 Å². The van der Waals surface area contributed by atoms with Gasteiger partial charge in [0.25, 0.3) is 0 Å². The molecule has 0 radical (unpaired) electrons. The Balaban J connectivity index is 1.64. The third kappa shape index (κ3) is 4.08. The monoisotopic (exact) mass is 539 g/mol. The van der Waals surface area contributed by atoms with E-state index >= 15 is 0 Å². The molecule has 0 aliphatic heterocycles. The number of rotatable bonds is 4. The lowest BCUT2D eigenvalue weighted by Crippen LogP contribution is -1.92. The van der Waals surface area contributed by atoms with Gasteiger partial charge >= 0.3 is 0 Å². The molecule has 196 valence electrons. The van der Waals surface area contributed by atoms with Crippen molar-refractivity contribution in [1.29, 1.82) is 0 Å². The molecule has 0 nitrogen and oxygen atoms in total. The summed E-state index contributed by atoms with van der Waals surface area (Å²) >= 11 is 0. The van der Waals surface area contributed by atoms with Crippen LogP contribution in [0.1, 0.15) is 9.60 Å². The van der Waals surface area contributed by atoms with Crippen molar-refractivity contribution in [3.63, 3.8) is 0 Å². The summed E-state index contributed by atoms with van der Waals surface area (Å²) in [5.41, 5.74) is 5.10. The van der Waals surface area contributed by atoms with E-state index in [-0.39, 0.29) is 53.1 Å². The van der Waals surface area contributed by atoms with Crippen molar-refractivity contribution in [3.05, 3.63) is 170 Å². The number of hydrogen-bond acceptors (Lipinski definition) is 0. The first-order valence-electron chi connectivity index (χ1n) is 17.5. The molecule has 0 unspecified atom stereocenters. The molecular formula is C42H28. The average molecular weight is 540 g/mol. The summed E-state index contributed by atoms with van der Waals surface area (Å²) in [6, 6.07) is 39.0. The van der Waals surface area contributed by atoms with Gasteiger partial charge in [-0.1, -0.05) is 164 Å². The highest BCUT2D eigenvalue weighted by Gasteiger charge is 2.18. The van der Waals surface area contributed by atoms with Crippen LogP contribution in [0.2, 0.25) is 0 Å². The second-order valence-electron chi connectivity index (χ2n) is 10.3. The molecule has 0 bridgehead atoms. The van der Waals surface area contributed by atoms with Crippen LogP contribution in [0, 0.1) is 0 Å². The average Bonchev–Trinajstić information content (AvgIpc) is 3.15. The molecule has 42 heavy (non-hydrogen) atoms. The Kier molecular flexibility index (Phi) is 4.38. The maximum absolute atomic E-state index is 9.80.